The van der Waals surface area contributed by atoms with E-state index in [1.807, 2.05) is 0 Å². The number of rotatable bonds is 3. The number of aromatic nitrogens is 2. The molecule has 2 aromatic rings. The number of thiophene rings is 1. The summed E-state index contributed by atoms with van der Waals surface area (Å²) in [5.74, 6) is -5.22. The van der Waals surface area contributed by atoms with Gasteiger partial charge in [0.05, 0.1) is 12.4 Å². The summed E-state index contributed by atoms with van der Waals surface area (Å²) in [6.45, 7) is 5.31. The Morgan fingerprint density at radius 2 is 1.54 bits per heavy atom. The summed E-state index contributed by atoms with van der Waals surface area (Å²) in [5.41, 5.74) is 1.76. The van der Waals surface area contributed by atoms with E-state index in [9.17, 15) is 30.7 Å². The molecule has 0 radical (unpaired) electrons. The predicted octanol–water partition coefficient (Wildman–Crippen LogP) is 4.44. The van der Waals surface area contributed by atoms with E-state index in [1.165, 1.54) is 30.8 Å². The number of nitrogens with zero attached hydrogens (tertiary/aromatic N) is 4. The molecule has 0 amide bonds. The molecule has 0 aromatic carbocycles. The monoisotopic (exact) mass is 560 g/mol. The number of carbonyl (C=O) groups is 2. The highest BCUT2D eigenvalue weighted by Gasteiger charge is 2.42. The van der Waals surface area contributed by atoms with Gasteiger partial charge in [0.15, 0.2) is 5.82 Å². The summed E-state index contributed by atoms with van der Waals surface area (Å²) >= 11 is 1.77. The van der Waals surface area contributed by atoms with Crippen LogP contribution in [0.2, 0.25) is 0 Å². The minimum absolute atomic E-state index is 0.339. The number of hydrogen-bond donors (Lipinski definition) is 2. The van der Waals surface area contributed by atoms with Gasteiger partial charge in [-0.3, -0.25) is 4.90 Å². The molecule has 1 atom stereocenters. The molecular formula is C21H23F7N4O4S. The van der Waals surface area contributed by atoms with Crippen molar-refractivity contribution in [3.05, 3.63) is 40.6 Å². The number of anilines is 1. The summed E-state index contributed by atoms with van der Waals surface area (Å²) in [5, 5.41) is 18.6. The fourth-order valence-corrected chi connectivity index (χ4v) is 4.64. The second-order valence-corrected chi connectivity index (χ2v) is 9.20. The third kappa shape index (κ3) is 9.76. The van der Waals surface area contributed by atoms with Gasteiger partial charge in [-0.2, -0.15) is 37.7 Å². The smallest absolute Gasteiger partial charge is 0.475 e. The molecule has 2 N–H and O–H groups in total. The zero-order chi connectivity index (χ0) is 27.9. The number of halogens is 7. The maximum Gasteiger partial charge on any atom is 0.490 e. The molecule has 4 rings (SSSR count). The van der Waals surface area contributed by atoms with E-state index in [2.05, 4.69) is 36.6 Å². The van der Waals surface area contributed by atoms with Gasteiger partial charge in [0, 0.05) is 31.6 Å². The van der Waals surface area contributed by atoms with Crippen LogP contribution in [0.25, 0.3) is 0 Å². The zero-order valence-electron chi connectivity index (χ0n) is 19.1. The van der Waals surface area contributed by atoms with Crippen molar-refractivity contribution in [3.63, 3.8) is 0 Å². The van der Waals surface area contributed by atoms with Gasteiger partial charge in [-0.05, 0) is 48.2 Å². The van der Waals surface area contributed by atoms with E-state index in [1.54, 1.807) is 11.3 Å². The number of carboxylic acids is 2. The largest absolute Gasteiger partial charge is 0.490 e. The van der Waals surface area contributed by atoms with Crippen LogP contribution in [-0.4, -0.2) is 75.6 Å². The topological polar surface area (TPSA) is 107 Å². The van der Waals surface area contributed by atoms with Crippen LogP contribution in [0.3, 0.4) is 0 Å². The Hall–Kier alpha value is -3.01. The minimum atomic E-state index is -5.08. The van der Waals surface area contributed by atoms with Crippen LogP contribution in [0, 0.1) is 11.2 Å². The first kappa shape index (κ1) is 30.2. The van der Waals surface area contributed by atoms with Crippen molar-refractivity contribution in [2.45, 2.75) is 38.2 Å². The number of alkyl halides is 6. The Morgan fingerprint density at radius 3 is 2.03 bits per heavy atom. The van der Waals surface area contributed by atoms with Gasteiger partial charge in [0.2, 0.25) is 5.95 Å². The van der Waals surface area contributed by atoms with E-state index in [-0.39, 0.29) is 5.82 Å². The molecule has 0 saturated carbocycles. The minimum Gasteiger partial charge on any atom is -0.475 e. The lowest BCUT2D eigenvalue weighted by atomic mass is 9.79. The van der Waals surface area contributed by atoms with Crippen LogP contribution in [0.15, 0.2) is 29.2 Å². The van der Waals surface area contributed by atoms with E-state index < -0.39 is 24.3 Å². The summed E-state index contributed by atoms with van der Waals surface area (Å²) in [7, 11) is 0. The molecule has 8 nitrogen and oxygen atoms in total. The first-order chi connectivity index (χ1) is 17.1. The highest BCUT2D eigenvalue weighted by atomic mass is 32.1. The Labute approximate surface area is 210 Å². The normalized spacial score (nSPS) is 20.0. The molecule has 2 saturated heterocycles. The molecule has 0 aliphatic carbocycles. The van der Waals surface area contributed by atoms with Crippen molar-refractivity contribution >= 4 is 29.2 Å². The summed E-state index contributed by atoms with van der Waals surface area (Å²) in [6.07, 6.45) is -3.98. The Morgan fingerprint density at radius 1 is 0.973 bits per heavy atom. The van der Waals surface area contributed by atoms with Crippen LogP contribution < -0.4 is 4.90 Å². The van der Waals surface area contributed by atoms with E-state index in [0.29, 0.717) is 11.4 Å². The Kier molecular flexibility index (Phi) is 10.2. The van der Waals surface area contributed by atoms with Crippen molar-refractivity contribution in [2.24, 2.45) is 5.41 Å². The summed E-state index contributed by atoms with van der Waals surface area (Å²) in [4.78, 5) is 30.9. The van der Waals surface area contributed by atoms with Crippen molar-refractivity contribution < 1.29 is 50.5 Å². The first-order valence-electron chi connectivity index (χ1n) is 10.7. The average Bonchev–Trinajstić information content (AvgIpc) is 3.44. The van der Waals surface area contributed by atoms with E-state index >= 15 is 0 Å². The third-order valence-corrected chi connectivity index (χ3v) is 6.27. The molecule has 2 aromatic heterocycles. The van der Waals surface area contributed by atoms with Crippen molar-refractivity contribution in [2.75, 3.05) is 31.1 Å². The Balaban J connectivity index is 0.000000286. The molecule has 0 bridgehead atoms. The van der Waals surface area contributed by atoms with Gasteiger partial charge < -0.3 is 15.1 Å². The SMILES string of the molecule is Fc1cnc(N2CCCC3(CCN(Cc4ccsc4)C3)C2)nc1.O=C(O)C(F)(F)F.O=C(O)C(F)(F)F. The fraction of sp³-hybridized carbons (Fsp3) is 0.524. The number of likely N-dealkylation sites (tertiary alicyclic amines) is 1. The fourth-order valence-electron chi connectivity index (χ4n) is 3.98. The van der Waals surface area contributed by atoms with Gasteiger partial charge in [0.1, 0.15) is 0 Å². The predicted molar refractivity (Wildman–Crippen MR) is 117 cm³/mol. The summed E-state index contributed by atoms with van der Waals surface area (Å²) < 4.78 is 76.5. The second-order valence-electron chi connectivity index (χ2n) is 8.42. The van der Waals surface area contributed by atoms with Gasteiger partial charge in [-0.1, -0.05) is 0 Å². The molecule has 16 heteroatoms. The molecule has 2 aliphatic heterocycles. The number of carboxylic acid groups (broad SMARTS) is 2. The van der Waals surface area contributed by atoms with Gasteiger partial charge in [-0.25, -0.2) is 23.9 Å². The standard InChI is InChI=1S/C17H21FN4S.2C2HF3O2/c18-15-8-19-16(20-9-15)22-5-1-3-17(13-22)4-6-21(12-17)10-14-2-7-23-11-14;2*3-2(4,5)1(6)7/h2,7-9,11H,1,3-6,10,12-13H2;2*(H,6,7). The average molecular weight is 560 g/mol. The third-order valence-electron chi connectivity index (χ3n) is 5.54. The van der Waals surface area contributed by atoms with Crippen LogP contribution >= 0.6 is 11.3 Å². The molecule has 206 valence electrons. The number of aliphatic carboxylic acids is 2. The van der Waals surface area contributed by atoms with Gasteiger partial charge in [-0.15, -0.1) is 0 Å². The van der Waals surface area contributed by atoms with Crippen molar-refractivity contribution in [1.29, 1.82) is 0 Å². The van der Waals surface area contributed by atoms with E-state index in [0.717, 1.165) is 39.1 Å². The number of hydrogen-bond acceptors (Lipinski definition) is 7. The van der Waals surface area contributed by atoms with Gasteiger partial charge >= 0.3 is 24.3 Å². The lowest BCUT2D eigenvalue weighted by Gasteiger charge is -2.40. The summed E-state index contributed by atoms with van der Waals surface area (Å²) in [6, 6.07) is 2.22. The molecule has 1 spiro atoms. The molecule has 1 unspecified atom stereocenters. The van der Waals surface area contributed by atoms with Crippen molar-refractivity contribution in [3.8, 4) is 0 Å². The van der Waals surface area contributed by atoms with E-state index in [4.69, 9.17) is 19.8 Å². The first-order valence-corrected chi connectivity index (χ1v) is 11.6. The highest BCUT2D eigenvalue weighted by Crippen LogP contribution is 2.40. The maximum atomic E-state index is 13.0. The van der Waals surface area contributed by atoms with Crippen LogP contribution in [-0.2, 0) is 16.1 Å². The van der Waals surface area contributed by atoms with Crippen LogP contribution in [0.5, 0.6) is 0 Å². The molecule has 2 fully saturated rings. The lowest BCUT2D eigenvalue weighted by molar-refractivity contribution is -0.193. The van der Waals surface area contributed by atoms with Crippen molar-refractivity contribution in [1.82, 2.24) is 14.9 Å². The molecule has 4 heterocycles. The molecular weight excluding hydrogens is 537 g/mol. The van der Waals surface area contributed by atoms with Crippen LogP contribution in [0.1, 0.15) is 24.8 Å². The Bertz CT molecular complexity index is 995. The second kappa shape index (κ2) is 12.5. The zero-order valence-corrected chi connectivity index (χ0v) is 19.9. The quantitative estimate of drug-likeness (QED) is 0.531. The molecule has 2 aliphatic rings. The maximum absolute atomic E-state index is 13.0. The molecule has 37 heavy (non-hydrogen) atoms. The van der Waals surface area contributed by atoms with Gasteiger partial charge in [0.25, 0.3) is 0 Å². The highest BCUT2D eigenvalue weighted by molar-refractivity contribution is 7.07. The lowest BCUT2D eigenvalue weighted by Crippen LogP contribution is -2.45. The number of piperidine rings is 1. The van der Waals surface area contributed by atoms with Crippen LogP contribution in [0.4, 0.5) is 36.7 Å².